The van der Waals surface area contributed by atoms with Crippen molar-refractivity contribution < 1.29 is 0 Å². The standard InChI is InChI=1S/C31H32N8S/c1-3-21(2)32-26-15-16-27(23-12-6-5-11-22(23)26)33-34-28-17-18-29(25-14-8-7-13-24(25)28)35-36-30-37-38-31(40-30)39-19-9-4-10-20-39/h5-8,11-18,21,32H,3-4,9-10,19-20H2,1-2H3/b34-33+,36-35+. The Labute approximate surface area is 237 Å². The minimum atomic E-state index is 0.390. The van der Waals surface area contributed by atoms with E-state index >= 15 is 0 Å². The smallest absolute Gasteiger partial charge is 0.253 e. The Morgan fingerprint density at radius 1 is 0.725 bits per heavy atom. The van der Waals surface area contributed by atoms with Crippen LogP contribution < -0.4 is 10.2 Å². The number of anilines is 2. The molecule has 1 aliphatic rings. The fourth-order valence-corrected chi connectivity index (χ4v) is 5.69. The molecule has 1 N–H and O–H groups in total. The zero-order valence-electron chi connectivity index (χ0n) is 22.8. The summed E-state index contributed by atoms with van der Waals surface area (Å²) >= 11 is 1.48. The molecule has 0 bridgehead atoms. The van der Waals surface area contributed by atoms with Crippen molar-refractivity contribution in [3.05, 3.63) is 72.8 Å². The Kier molecular flexibility index (Phi) is 7.72. The van der Waals surface area contributed by atoms with E-state index in [1.54, 1.807) is 0 Å². The predicted octanol–water partition coefficient (Wildman–Crippen LogP) is 9.88. The van der Waals surface area contributed by atoms with Gasteiger partial charge in [0.25, 0.3) is 5.13 Å². The molecule has 9 heteroatoms. The van der Waals surface area contributed by atoms with Gasteiger partial charge in [-0.25, -0.2) is 0 Å². The third kappa shape index (κ3) is 5.56. The van der Waals surface area contributed by atoms with Gasteiger partial charge in [-0.15, -0.1) is 30.7 Å². The Balaban J connectivity index is 1.28. The summed E-state index contributed by atoms with van der Waals surface area (Å²) in [7, 11) is 0. The summed E-state index contributed by atoms with van der Waals surface area (Å²) in [5.41, 5.74) is 3.49. The van der Waals surface area contributed by atoms with Gasteiger partial charge in [-0.05, 0) is 56.9 Å². The van der Waals surface area contributed by atoms with E-state index in [4.69, 9.17) is 0 Å². The molecule has 6 rings (SSSR count). The second-order valence-electron chi connectivity index (χ2n) is 10.1. The van der Waals surface area contributed by atoms with E-state index in [-0.39, 0.29) is 0 Å². The lowest BCUT2D eigenvalue weighted by Gasteiger charge is -2.25. The SMILES string of the molecule is CCC(C)Nc1ccc(/N=N/c2ccc(/N=N/c3nnc(N4CCCCC4)s3)c3ccccc23)c2ccccc12. The predicted molar refractivity (Wildman–Crippen MR) is 166 cm³/mol. The summed E-state index contributed by atoms with van der Waals surface area (Å²) in [5.74, 6) is 0. The maximum Gasteiger partial charge on any atom is 0.253 e. The number of nitrogens with zero attached hydrogens (tertiary/aromatic N) is 7. The van der Waals surface area contributed by atoms with E-state index in [1.165, 1.54) is 30.6 Å². The number of hydrogen-bond donors (Lipinski definition) is 1. The Morgan fingerprint density at radius 2 is 1.27 bits per heavy atom. The lowest BCUT2D eigenvalue weighted by Crippen LogP contribution is -2.29. The van der Waals surface area contributed by atoms with E-state index in [0.29, 0.717) is 11.2 Å². The average molecular weight is 549 g/mol. The largest absolute Gasteiger partial charge is 0.382 e. The molecule has 2 heterocycles. The van der Waals surface area contributed by atoms with Crippen molar-refractivity contribution in [1.29, 1.82) is 0 Å². The van der Waals surface area contributed by atoms with Crippen LogP contribution >= 0.6 is 11.3 Å². The van der Waals surface area contributed by atoms with Crippen molar-refractivity contribution in [1.82, 2.24) is 10.2 Å². The second kappa shape index (κ2) is 11.9. The molecular formula is C31H32N8S. The van der Waals surface area contributed by atoms with Crippen LogP contribution in [0.5, 0.6) is 0 Å². The fraction of sp³-hybridized carbons (Fsp3) is 0.290. The Bertz CT molecular complexity index is 1690. The van der Waals surface area contributed by atoms with Crippen LogP contribution in [0.1, 0.15) is 39.5 Å². The van der Waals surface area contributed by atoms with E-state index in [1.807, 2.05) is 48.5 Å². The molecule has 4 aromatic carbocycles. The van der Waals surface area contributed by atoms with E-state index in [2.05, 4.69) is 79.0 Å². The van der Waals surface area contributed by atoms with Crippen LogP contribution in [-0.4, -0.2) is 29.3 Å². The number of piperidine rings is 1. The molecule has 1 saturated heterocycles. The number of hydrogen-bond acceptors (Lipinski definition) is 9. The van der Waals surface area contributed by atoms with Gasteiger partial charge in [-0.2, -0.15) is 0 Å². The number of nitrogens with one attached hydrogen (secondary N) is 1. The van der Waals surface area contributed by atoms with Crippen molar-refractivity contribution in [2.75, 3.05) is 23.3 Å². The maximum atomic E-state index is 4.69. The average Bonchev–Trinajstić information content (AvgIpc) is 3.49. The number of benzene rings is 4. The monoisotopic (exact) mass is 548 g/mol. The number of aromatic nitrogens is 2. The van der Waals surface area contributed by atoms with Gasteiger partial charge in [0.2, 0.25) is 5.13 Å². The highest BCUT2D eigenvalue weighted by Gasteiger charge is 2.15. The molecule has 0 aliphatic carbocycles. The molecule has 8 nitrogen and oxygen atoms in total. The molecule has 0 spiro atoms. The van der Waals surface area contributed by atoms with Crippen LogP contribution in [0.3, 0.4) is 0 Å². The topological polar surface area (TPSA) is 90.5 Å². The van der Waals surface area contributed by atoms with Crippen molar-refractivity contribution in [3.63, 3.8) is 0 Å². The lowest BCUT2D eigenvalue weighted by atomic mass is 10.1. The normalized spacial score (nSPS) is 15.0. The van der Waals surface area contributed by atoms with Crippen LogP contribution in [0.15, 0.2) is 93.3 Å². The molecule has 40 heavy (non-hydrogen) atoms. The second-order valence-corrected chi connectivity index (χ2v) is 11.0. The van der Waals surface area contributed by atoms with Crippen LogP contribution in [0.2, 0.25) is 0 Å². The highest BCUT2D eigenvalue weighted by Crippen LogP contribution is 2.38. The zero-order chi connectivity index (χ0) is 27.3. The molecule has 1 atom stereocenters. The van der Waals surface area contributed by atoms with Crippen molar-refractivity contribution in [2.24, 2.45) is 20.5 Å². The van der Waals surface area contributed by atoms with Gasteiger partial charge in [-0.3, -0.25) is 0 Å². The van der Waals surface area contributed by atoms with Crippen molar-refractivity contribution in [3.8, 4) is 0 Å². The van der Waals surface area contributed by atoms with Crippen molar-refractivity contribution in [2.45, 2.75) is 45.6 Å². The maximum absolute atomic E-state index is 4.69. The van der Waals surface area contributed by atoms with E-state index in [0.717, 1.165) is 68.9 Å². The van der Waals surface area contributed by atoms with Gasteiger partial charge in [0.05, 0.1) is 17.1 Å². The van der Waals surface area contributed by atoms with Gasteiger partial charge in [0.1, 0.15) is 0 Å². The number of fused-ring (bicyclic) bond motifs is 2. The quantitative estimate of drug-likeness (QED) is 0.195. The molecule has 0 saturated carbocycles. The Hall–Kier alpha value is -4.24. The summed E-state index contributed by atoms with van der Waals surface area (Å²) in [6, 6.07) is 24.8. The molecule has 1 aromatic heterocycles. The third-order valence-electron chi connectivity index (χ3n) is 7.33. The summed E-state index contributed by atoms with van der Waals surface area (Å²) in [4.78, 5) is 2.29. The van der Waals surface area contributed by atoms with Gasteiger partial charge in [0, 0.05) is 46.4 Å². The van der Waals surface area contributed by atoms with Crippen LogP contribution in [0.25, 0.3) is 21.5 Å². The third-order valence-corrected chi connectivity index (χ3v) is 8.20. The highest BCUT2D eigenvalue weighted by molar-refractivity contribution is 7.18. The van der Waals surface area contributed by atoms with E-state index in [9.17, 15) is 0 Å². The molecule has 0 radical (unpaired) electrons. The van der Waals surface area contributed by atoms with Crippen molar-refractivity contribution >= 4 is 65.9 Å². The summed E-state index contributed by atoms with van der Waals surface area (Å²) in [5, 5.41) is 36.1. The highest BCUT2D eigenvalue weighted by atomic mass is 32.1. The summed E-state index contributed by atoms with van der Waals surface area (Å²) < 4.78 is 0. The molecule has 1 aliphatic heterocycles. The van der Waals surface area contributed by atoms with Crippen LogP contribution in [0, 0.1) is 0 Å². The molecule has 202 valence electrons. The summed E-state index contributed by atoms with van der Waals surface area (Å²) in [6.07, 6.45) is 4.73. The van der Waals surface area contributed by atoms with Gasteiger partial charge in [0.15, 0.2) is 0 Å². The molecule has 5 aromatic rings. The summed E-state index contributed by atoms with van der Waals surface area (Å²) in [6.45, 7) is 6.43. The van der Waals surface area contributed by atoms with Crippen LogP contribution in [-0.2, 0) is 0 Å². The lowest BCUT2D eigenvalue weighted by molar-refractivity contribution is 0.575. The number of rotatable bonds is 8. The molecule has 1 unspecified atom stereocenters. The Morgan fingerprint density at radius 3 is 1.90 bits per heavy atom. The number of azo groups is 2. The van der Waals surface area contributed by atoms with Gasteiger partial charge in [-0.1, -0.05) is 66.8 Å². The minimum absolute atomic E-state index is 0.390. The first-order valence-electron chi connectivity index (χ1n) is 13.9. The van der Waals surface area contributed by atoms with Gasteiger partial charge >= 0.3 is 0 Å². The molecular weight excluding hydrogens is 516 g/mol. The zero-order valence-corrected chi connectivity index (χ0v) is 23.6. The minimum Gasteiger partial charge on any atom is -0.382 e. The van der Waals surface area contributed by atoms with E-state index < -0.39 is 0 Å². The van der Waals surface area contributed by atoms with Gasteiger partial charge < -0.3 is 10.2 Å². The first-order valence-corrected chi connectivity index (χ1v) is 14.7. The first kappa shape index (κ1) is 26.0. The molecule has 0 amide bonds. The molecule has 1 fully saturated rings. The first-order chi connectivity index (χ1) is 19.7. The van der Waals surface area contributed by atoms with Crippen LogP contribution in [0.4, 0.5) is 33.0 Å². The fourth-order valence-electron chi connectivity index (χ4n) is 4.97.